The van der Waals surface area contributed by atoms with E-state index in [1.165, 1.54) is 17.4 Å². The zero-order valence-corrected chi connectivity index (χ0v) is 20.2. The molecule has 35 heavy (non-hydrogen) atoms. The van der Waals surface area contributed by atoms with Gasteiger partial charge in [-0.05, 0) is 49.8 Å². The van der Waals surface area contributed by atoms with Gasteiger partial charge in [0.05, 0.1) is 6.54 Å². The average Bonchev–Trinajstić information content (AvgIpc) is 3.48. The minimum atomic E-state index is -0.728. The fourth-order valence-electron chi connectivity index (χ4n) is 4.78. The van der Waals surface area contributed by atoms with Gasteiger partial charge < -0.3 is 9.47 Å². The molecule has 9 heteroatoms. The first-order valence-electron chi connectivity index (χ1n) is 11.7. The summed E-state index contributed by atoms with van der Waals surface area (Å²) in [5.74, 6) is -1.31. The van der Waals surface area contributed by atoms with Crippen LogP contribution in [0, 0.1) is 0 Å². The second-order valence-corrected chi connectivity index (χ2v) is 9.98. The van der Waals surface area contributed by atoms with Crippen LogP contribution < -0.4 is 5.32 Å². The van der Waals surface area contributed by atoms with Gasteiger partial charge in [0.2, 0.25) is 5.91 Å². The molecular weight excluding hydrogens is 464 g/mol. The molecule has 8 nitrogen and oxygen atoms in total. The number of carbonyl (C=O) groups is 4. The number of nitrogens with one attached hydrogen (secondary N) is 1. The van der Waals surface area contributed by atoms with Crippen LogP contribution in [0.5, 0.6) is 0 Å². The highest BCUT2D eigenvalue weighted by Gasteiger charge is 2.36. The minimum Gasteiger partial charge on any atom is -0.338 e. The smallest absolute Gasteiger partial charge is 0.331 e. The molecule has 2 fully saturated rings. The van der Waals surface area contributed by atoms with Crippen molar-refractivity contribution >= 4 is 52.1 Å². The molecule has 1 unspecified atom stereocenters. The van der Waals surface area contributed by atoms with E-state index in [9.17, 15) is 19.2 Å². The summed E-state index contributed by atoms with van der Waals surface area (Å²) in [6.45, 7) is 3.12. The third-order valence-electron chi connectivity index (χ3n) is 6.63. The van der Waals surface area contributed by atoms with Crippen molar-refractivity contribution in [3.63, 3.8) is 0 Å². The van der Waals surface area contributed by atoms with Crippen molar-refractivity contribution in [2.75, 3.05) is 6.54 Å². The lowest BCUT2D eigenvalue weighted by atomic mass is 10.0. The molecule has 1 atom stereocenters. The van der Waals surface area contributed by atoms with Gasteiger partial charge in [-0.25, -0.2) is 4.79 Å². The largest absolute Gasteiger partial charge is 0.338 e. The molecule has 1 N–H and O–H groups in total. The number of hydrogen-bond donors (Lipinski definition) is 1. The van der Waals surface area contributed by atoms with Crippen LogP contribution in [0.4, 0.5) is 4.79 Å². The SMILES string of the molecule is CC1CCCCN1C(=O)Cn1cc(/C=C2\C(=O)NC(=O)N(Cc3cccs3)C2=O)c2ccccc21. The summed E-state index contributed by atoms with van der Waals surface area (Å²) in [5, 5.41) is 4.96. The molecule has 0 radical (unpaired) electrons. The van der Waals surface area contributed by atoms with E-state index in [0.717, 1.165) is 46.5 Å². The highest BCUT2D eigenvalue weighted by Crippen LogP contribution is 2.26. The van der Waals surface area contributed by atoms with Crippen molar-refractivity contribution in [2.45, 2.75) is 45.3 Å². The molecule has 5 amide bonds. The Morgan fingerprint density at radius 2 is 1.97 bits per heavy atom. The normalized spacial score (nSPS) is 20.1. The quantitative estimate of drug-likeness (QED) is 0.435. The number of rotatable bonds is 5. The van der Waals surface area contributed by atoms with Gasteiger partial charge in [0.1, 0.15) is 12.1 Å². The maximum Gasteiger partial charge on any atom is 0.331 e. The Morgan fingerprint density at radius 3 is 2.74 bits per heavy atom. The van der Waals surface area contributed by atoms with Crippen LogP contribution in [-0.2, 0) is 27.5 Å². The number of piperidine rings is 1. The number of nitrogens with zero attached hydrogens (tertiary/aromatic N) is 3. The lowest BCUT2D eigenvalue weighted by Crippen LogP contribution is -2.53. The molecule has 2 aliphatic heterocycles. The second kappa shape index (κ2) is 9.50. The minimum absolute atomic E-state index is 0.0522. The van der Waals surface area contributed by atoms with E-state index in [1.54, 1.807) is 6.20 Å². The predicted molar refractivity (Wildman–Crippen MR) is 133 cm³/mol. The molecule has 2 saturated heterocycles. The molecule has 5 rings (SSSR count). The van der Waals surface area contributed by atoms with Crippen molar-refractivity contribution in [2.24, 2.45) is 0 Å². The maximum atomic E-state index is 13.2. The summed E-state index contributed by atoms with van der Waals surface area (Å²) in [7, 11) is 0. The molecule has 0 saturated carbocycles. The van der Waals surface area contributed by atoms with E-state index in [4.69, 9.17) is 0 Å². The molecule has 3 aromatic rings. The third kappa shape index (κ3) is 4.51. The van der Waals surface area contributed by atoms with Crippen molar-refractivity contribution in [1.82, 2.24) is 19.7 Å². The topological polar surface area (TPSA) is 91.7 Å². The van der Waals surface area contributed by atoms with Crippen molar-refractivity contribution in [1.29, 1.82) is 0 Å². The molecule has 0 aliphatic carbocycles. The highest BCUT2D eigenvalue weighted by atomic mass is 32.1. The van der Waals surface area contributed by atoms with Crippen molar-refractivity contribution < 1.29 is 19.2 Å². The van der Waals surface area contributed by atoms with Gasteiger partial charge in [0, 0.05) is 40.1 Å². The molecule has 4 heterocycles. The summed E-state index contributed by atoms with van der Waals surface area (Å²) in [5.41, 5.74) is 1.37. The number of urea groups is 1. The van der Waals surface area contributed by atoms with Gasteiger partial charge in [-0.3, -0.25) is 24.6 Å². The monoisotopic (exact) mass is 490 g/mol. The van der Waals surface area contributed by atoms with Gasteiger partial charge in [-0.2, -0.15) is 0 Å². The Balaban J connectivity index is 1.47. The van der Waals surface area contributed by atoms with E-state index < -0.39 is 17.8 Å². The van der Waals surface area contributed by atoms with E-state index >= 15 is 0 Å². The maximum absolute atomic E-state index is 13.2. The van der Waals surface area contributed by atoms with Crippen LogP contribution in [0.2, 0.25) is 0 Å². The fourth-order valence-corrected chi connectivity index (χ4v) is 5.47. The first-order valence-corrected chi connectivity index (χ1v) is 12.6. The van der Waals surface area contributed by atoms with Crippen LogP contribution in [0.3, 0.4) is 0 Å². The van der Waals surface area contributed by atoms with Crippen LogP contribution in [-0.4, -0.2) is 50.7 Å². The third-order valence-corrected chi connectivity index (χ3v) is 7.49. The first kappa shape index (κ1) is 23.0. The van der Waals surface area contributed by atoms with Gasteiger partial charge in [-0.15, -0.1) is 11.3 Å². The zero-order valence-electron chi connectivity index (χ0n) is 19.4. The molecular formula is C26H26N4O4S. The number of thiophene rings is 1. The number of imide groups is 2. The van der Waals surface area contributed by atoms with Gasteiger partial charge in [-0.1, -0.05) is 24.3 Å². The first-order chi connectivity index (χ1) is 16.9. The summed E-state index contributed by atoms with van der Waals surface area (Å²) < 4.78 is 1.87. The predicted octanol–water partition coefficient (Wildman–Crippen LogP) is 3.77. The van der Waals surface area contributed by atoms with E-state index in [1.807, 2.05) is 51.2 Å². The summed E-state index contributed by atoms with van der Waals surface area (Å²) in [4.78, 5) is 55.0. The number of carbonyl (C=O) groups excluding carboxylic acids is 4. The second-order valence-electron chi connectivity index (χ2n) is 8.95. The molecule has 0 spiro atoms. The number of barbiturate groups is 1. The molecule has 2 aliphatic rings. The highest BCUT2D eigenvalue weighted by molar-refractivity contribution is 7.09. The lowest BCUT2D eigenvalue weighted by molar-refractivity contribution is -0.135. The zero-order chi connectivity index (χ0) is 24.5. The fraction of sp³-hybridized carbons (Fsp3) is 0.308. The number of aromatic nitrogens is 1. The van der Waals surface area contributed by atoms with Crippen molar-refractivity contribution in [3.05, 3.63) is 64.0 Å². The molecule has 2 aromatic heterocycles. The Bertz CT molecular complexity index is 1340. The molecule has 0 bridgehead atoms. The van der Waals surface area contributed by atoms with Crippen LogP contribution in [0.25, 0.3) is 17.0 Å². The summed E-state index contributed by atoms with van der Waals surface area (Å²) in [6.07, 6.45) is 6.46. The number of hydrogen-bond acceptors (Lipinski definition) is 5. The number of benzene rings is 1. The lowest BCUT2D eigenvalue weighted by Gasteiger charge is -2.33. The van der Waals surface area contributed by atoms with Gasteiger partial charge in [0.25, 0.3) is 11.8 Å². The van der Waals surface area contributed by atoms with E-state index in [0.29, 0.717) is 5.56 Å². The van der Waals surface area contributed by atoms with Crippen LogP contribution in [0.15, 0.2) is 53.5 Å². The standard InChI is InChI=1S/C26H26N4O4S/c1-17-7-4-5-11-29(17)23(31)16-28-14-18(20-9-2-3-10-22(20)28)13-21-24(32)27-26(34)30(25(21)33)15-19-8-6-12-35-19/h2-3,6,8-10,12-14,17H,4-5,7,11,15-16H2,1H3,(H,27,32,34)/b21-13+. The Kier molecular flexibility index (Phi) is 6.25. The number of para-hydroxylation sites is 1. The number of fused-ring (bicyclic) bond motifs is 1. The van der Waals surface area contributed by atoms with E-state index in [2.05, 4.69) is 12.2 Å². The van der Waals surface area contributed by atoms with Gasteiger partial charge in [0.15, 0.2) is 0 Å². The molecule has 180 valence electrons. The van der Waals surface area contributed by atoms with Crippen molar-refractivity contribution in [3.8, 4) is 0 Å². The molecule has 1 aromatic carbocycles. The Hall–Kier alpha value is -3.72. The Labute approximate surface area is 206 Å². The van der Waals surface area contributed by atoms with Crippen LogP contribution in [0.1, 0.15) is 36.6 Å². The summed E-state index contributed by atoms with van der Waals surface area (Å²) >= 11 is 1.43. The van der Waals surface area contributed by atoms with Gasteiger partial charge >= 0.3 is 6.03 Å². The number of likely N-dealkylation sites (tertiary alicyclic amines) is 1. The van der Waals surface area contributed by atoms with E-state index in [-0.39, 0.29) is 30.6 Å². The average molecular weight is 491 g/mol. The Morgan fingerprint density at radius 1 is 1.14 bits per heavy atom. The summed E-state index contributed by atoms with van der Waals surface area (Å²) in [6, 6.07) is 10.7. The van der Waals surface area contributed by atoms with Crippen LogP contribution >= 0.6 is 11.3 Å². The number of amides is 5.